The zero-order valence-corrected chi connectivity index (χ0v) is 20.7. The zero-order valence-electron chi connectivity index (χ0n) is 20.7. The lowest BCUT2D eigenvalue weighted by molar-refractivity contribution is -0.0124. The molecule has 0 amide bonds. The van der Waals surface area contributed by atoms with Crippen LogP contribution in [0.2, 0.25) is 0 Å². The van der Waals surface area contributed by atoms with Crippen LogP contribution in [0.1, 0.15) is 40.9 Å². The predicted molar refractivity (Wildman–Crippen MR) is 138 cm³/mol. The second-order valence-corrected chi connectivity index (χ2v) is 8.10. The molecule has 3 rings (SSSR count). The van der Waals surface area contributed by atoms with E-state index in [0.717, 1.165) is 11.1 Å². The van der Waals surface area contributed by atoms with Crippen molar-refractivity contribution in [1.29, 1.82) is 0 Å². The number of phenolic OH excluding ortho intramolecular Hbond substituents is 2. The maximum Gasteiger partial charge on any atom is 0.338 e. The van der Waals surface area contributed by atoms with Gasteiger partial charge in [-0.05, 0) is 60.9 Å². The summed E-state index contributed by atoms with van der Waals surface area (Å²) < 4.78 is 22.3. The van der Waals surface area contributed by atoms with Crippen molar-refractivity contribution in [2.75, 3.05) is 27.4 Å². The van der Waals surface area contributed by atoms with Gasteiger partial charge in [-0.1, -0.05) is 42.5 Å². The number of allylic oxidation sites excluding steroid dienone is 1. The Morgan fingerprint density at radius 1 is 0.917 bits per heavy atom. The van der Waals surface area contributed by atoms with Crippen molar-refractivity contribution in [3.63, 3.8) is 0 Å². The van der Waals surface area contributed by atoms with Gasteiger partial charge in [0, 0.05) is 12.5 Å². The van der Waals surface area contributed by atoms with Crippen molar-refractivity contribution in [3.05, 3.63) is 89.5 Å². The first kappa shape index (κ1) is 26.6. The van der Waals surface area contributed by atoms with Crippen LogP contribution in [0.3, 0.4) is 0 Å². The second-order valence-electron chi connectivity index (χ2n) is 8.10. The lowest BCUT2D eigenvalue weighted by atomic mass is 9.92. The average molecular weight is 493 g/mol. The highest BCUT2D eigenvalue weighted by Crippen LogP contribution is 2.35. The monoisotopic (exact) mass is 492 g/mol. The number of aromatic hydroxyl groups is 2. The third-order valence-corrected chi connectivity index (χ3v) is 5.70. The summed E-state index contributed by atoms with van der Waals surface area (Å²) in [7, 11) is 2.99. The van der Waals surface area contributed by atoms with E-state index in [1.54, 1.807) is 60.7 Å². The van der Waals surface area contributed by atoms with Crippen LogP contribution < -0.4 is 9.47 Å². The number of ether oxygens (including phenoxy) is 4. The number of esters is 1. The van der Waals surface area contributed by atoms with E-state index in [9.17, 15) is 15.0 Å². The Kier molecular flexibility index (Phi) is 9.77. The maximum atomic E-state index is 12.6. The molecule has 0 aliphatic carbocycles. The van der Waals surface area contributed by atoms with Crippen LogP contribution in [-0.2, 0) is 9.47 Å². The van der Waals surface area contributed by atoms with Crippen molar-refractivity contribution in [3.8, 4) is 23.0 Å². The Labute approximate surface area is 211 Å². The summed E-state index contributed by atoms with van der Waals surface area (Å²) in [6.07, 6.45) is 3.98. The van der Waals surface area contributed by atoms with Crippen molar-refractivity contribution in [2.24, 2.45) is 5.92 Å². The van der Waals surface area contributed by atoms with Crippen LogP contribution in [0.4, 0.5) is 0 Å². The molecule has 0 aromatic heterocycles. The Hall–Kier alpha value is -3.97. The predicted octanol–water partition coefficient (Wildman–Crippen LogP) is 5.77. The second kappa shape index (κ2) is 13.2. The van der Waals surface area contributed by atoms with E-state index in [1.165, 1.54) is 14.2 Å². The molecule has 0 aliphatic rings. The molecule has 7 nitrogen and oxygen atoms in total. The minimum atomic E-state index is -0.424. The number of carbonyl (C=O) groups is 1. The number of phenols is 2. The van der Waals surface area contributed by atoms with E-state index in [1.807, 2.05) is 25.1 Å². The van der Waals surface area contributed by atoms with Gasteiger partial charge in [0.15, 0.2) is 23.0 Å². The van der Waals surface area contributed by atoms with Crippen molar-refractivity contribution < 1.29 is 34.0 Å². The minimum Gasteiger partial charge on any atom is -0.504 e. The summed E-state index contributed by atoms with van der Waals surface area (Å²) in [5, 5.41) is 19.9. The normalized spacial score (nSPS) is 12.8. The van der Waals surface area contributed by atoms with Gasteiger partial charge in [-0.15, -0.1) is 0 Å². The molecule has 0 fully saturated rings. The quantitative estimate of drug-likeness (QED) is 0.310. The number of rotatable bonds is 12. The van der Waals surface area contributed by atoms with Gasteiger partial charge in [0.25, 0.3) is 0 Å². The van der Waals surface area contributed by atoms with E-state index >= 15 is 0 Å². The molecule has 0 bridgehead atoms. The molecule has 190 valence electrons. The highest BCUT2D eigenvalue weighted by atomic mass is 16.5. The summed E-state index contributed by atoms with van der Waals surface area (Å²) >= 11 is 0. The van der Waals surface area contributed by atoms with Crippen LogP contribution in [0.5, 0.6) is 23.0 Å². The van der Waals surface area contributed by atoms with Gasteiger partial charge < -0.3 is 29.2 Å². The molecule has 36 heavy (non-hydrogen) atoms. The molecule has 0 spiro atoms. The number of hydrogen-bond acceptors (Lipinski definition) is 7. The average Bonchev–Trinajstić information content (AvgIpc) is 2.91. The van der Waals surface area contributed by atoms with E-state index in [4.69, 9.17) is 18.9 Å². The number of hydrogen-bond donors (Lipinski definition) is 2. The molecule has 3 aromatic rings. The van der Waals surface area contributed by atoms with Crippen LogP contribution in [-0.4, -0.2) is 43.6 Å². The standard InChI is InChI=1S/C29H32O7/c1-4-35-28(22-14-16-25(31)27(18-22)34-3)23(19-36-29(32)21-10-6-5-7-11-21)12-8-9-20-13-15-24(30)26(17-20)33-2/h5-11,13-18,23,28,30-31H,4,12,19H2,1-3H3/b9-8+. The number of benzene rings is 3. The van der Waals surface area contributed by atoms with Crippen molar-refractivity contribution >= 4 is 12.0 Å². The smallest absolute Gasteiger partial charge is 0.338 e. The molecular weight excluding hydrogens is 460 g/mol. The first-order chi connectivity index (χ1) is 17.5. The van der Waals surface area contributed by atoms with E-state index < -0.39 is 12.1 Å². The fraction of sp³-hybridized carbons (Fsp3) is 0.276. The third kappa shape index (κ3) is 7.02. The van der Waals surface area contributed by atoms with E-state index in [0.29, 0.717) is 30.1 Å². The highest BCUT2D eigenvalue weighted by molar-refractivity contribution is 5.89. The first-order valence-electron chi connectivity index (χ1n) is 11.7. The largest absolute Gasteiger partial charge is 0.504 e. The van der Waals surface area contributed by atoms with Gasteiger partial charge in [-0.2, -0.15) is 0 Å². The van der Waals surface area contributed by atoms with Gasteiger partial charge in [0.2, 0.25) is 0 Å². The molecule has 0 saturated heterocycles. The van der Waals surface area contributed by atoms with Crippen molar-refractivity contribution in [1.82, 2.24) is 0 Å². The molecular formula is C29H32O7. The van der Waals surface area contributed by atoms with Gasteiger partial charge in [-0.3, -0.25) is 0 Å². The van der Waals surface area contributed by atoms with Crippen LogP contribution in [0, 0.1) is 5.92 Å². The van der Waals surface area contributed by atoms with Crippen LogP contribution in [0.25, 0.3) is 6.08 Å². The summed E-state index contributed by atoms with van der Waals surface area (Å²) in [4.78, 5) is 12.6. The molecule has 0 aliphatic heterocycles. The molecule has 2 unspecified atom stereocenters. The fourth-order valence-corrected chi connectivity index (χ4v) is 3.85. The Morgan fingerprint density at radius 2 is 1.58 bits per heavy atom. The Bertz CT molecular complexity index is 1160. The van der Waals surface area contributed by atoms with E-state index in [2.05, 4.69) is 0 Å². The topological polar surface area (TPSA) is 94.5 Å². The summed E-state index contributed by atoms with van der Waals surface area (Å²) in [5.74, 6) is 0.175. The molecule has 2 atom stereocenters. The van der Waals surface area contributed by atoms with Gasteiger partial charge in [0.05, 0.1) is 32.5 Å². The first-order valence-corrected chi connectivity index (χ1v) is 11.7. The lowest BCUT2D eigenvalue weighted by Crippen LogP contribution is -2.23. The van der Waals surface area contributed by atoms with Gasteiger partial charge in [-0.25, -0.2) is 4.79 Å². The molecule has 7 heteroatoms. The SMILES string of the molecule is CCOC(c1ccc(O)c(OC)c1)C(C/C=C/c1ccc(O)c(OC)c1)COC(=O)c1ccccc1. The van der Waals surface area contributed by atoms with Crippen molar-refractivity contribution in [2.45, 2.75) is 19.4 Å². The zero-order chi connectivity index (χ0) is 25.9. The molecule has 0 heterocycles. The Morgan fingerprint density at radius 3 is 2.25 bits per heavy atom. The molecule has 2 N–H and O–H groups in total. The van der Waals surface area contributed by atoms with Gasteiger partial charge >= 0.3 is 5.97 Å². The highest BCUT2D eigenvalue weighted by Gasteiger charge is 2.26. The van der Waals surface area contributed by atoms with E-state index in [-0.39, 0.29) is 24.0 Å². The molecule has 0 saturated carbocycles. The van der Waals surface area contributed by atoms with Crippen LogP contribution >= 0.6 is 0 Å². The summed E-state index contributed by atoms with van der Waals surface area (Å²) in [6, 6.07) is 19.0. The third-order valence-electron chi connectivity index (χ3n) is 5.70. The minimum absolute atomic E-state index is 0.0322. The molecule has 3 aromatic carbocycles. The number of methoxy groups -OCH3 is 2. The fourth-order valence-electron chi connectivity index (χ4n) is 3.85. The number of carbonyl (C=O) groups excluding carboxylic acids is 1. The summed E-state index contributed by atoms with van der Waals surface area (Å²) in [6.45, 7) is 2.46. The maximum absolute atomic E-state index is 12.6. The van der Waals surface area contributed by atoms with Crippen LogP contribution in [0.15, 0.2) is 72.8 Å². The molecule has 0 radical (unpaired) electrons. The van der Waals surface area contributed by atoms with Gasteiger partial charge in [0.1, 0.15) is 0 Å². The Balaban J connectivity index is 1.86. The lowest BCUT2D eigenvalue weighted by Gasteiger charge is -2.27. The summed E-state index contributed by atoms with van der Waals surface area (Å²) in [5.41, 5.74) is 2.12.